The lowest BCUT2D eigenvalue weighted by molar-refractivity contribution is 0.0366. The van der Waals surface area contributed by atoms with Gasteiger partial charge in [-0.15, -0.1) is 0 Å². The van der Waals surface area contributed by atoms with E-state index in [0.717, 1.165) is 84.2 Å². The number of aromatic nitrogens is 1. The second-order valence-corrected chi connectivity index (χ2v) is 12.3. The number of ether oxygens (including phenoxy) is 1. The number of hydrogen-bond donors (Lipinski definition) is 2. The summed E-state index contributed by atoms with van der Waals surface area (Å²) in [5.41, 5.74) is 0.273. The number of nitrogens with one attached hydrogen (secondary N) is 2. The number of morpholine rings is 1. The Morgan fingerprint density at radius 2 is 1.63 bits per heavy atom. The Hall–Kier alpha value is -2.34. The highest BCUT2D eigenvalue weighted by atomic mass is 32.2. The molecule has 0 bridgehead atoms. The highest BCUT2D eigenvalue weighted by Gasteiger charge is 2.31. The third-order valence-corrected chi connectivity index (χ3v) is 9.54. The van der Waals surface area contributed by atoms with Crippen LogP contribution in [0.15, 0.2) is 34.1 Å². The summed E-state index contributed by atoms with van der Waals surface area (Å²) in [6.07, 6.45) is 11.3. The molecule has 2 N–H and O–H groups in total. The van der Waals surface area contributed by atoms with E-state index in [4.69, 9.17) is 4.74 Å². The van der Waals surface area contributed by atoms with E-state index in [2.05, 4.69) is 20.5 Å². The van der Waals surface area contributed by atoms with Gasteiger partial charge >= 0.3 is 0 Å². The van der Waals surface area contributed by atoms with E-state index >= 15 is 0 Å². The molecule has 0 amide bonds. The summed E-state index contributed by atoms with van der Waals surface area (Å²) in [6.45, 7) is 5.44. The van der Waals surface area contributed by atoms with Crippen molar-refractivity contribution in [2.75, 3.05) is 62.3 Å². The number of pyridine rings is 1. The van der Waals surface area contributed by atoms with Crippen LogP contribution < -0.4 is 21.5 Å². The lowest BCUT2D eigenvalue weighted by Gasteiger charge is -2.30. The fraction of sp³-hybridized carbons (Fsp3) is 0.667. The van der Waals surface area contributed by atoms with Crippen LogP contribution in [0.3, 0.4) is 0 Å². The molecule has 1 aromatic carbocycles. The molecule has 1 aromatic heterocycles. The van der Waals surface area contributed by atoms with Crippen molar-refractivity contribution in [2.24, 2.45) is 0 Å². The first-order valence-electron chi connectivity index (χ1n) is 14.0. The van der Waals surface area contributed by atoms with Gasteiger partial charge in [-0.25, -0.2) is 8.42 Å². The Balaban J connectivity index is 1.16. The van der Waals surface area contributed by atoms with E-state index < -0.39 is 20.9 Å². The molecule has 11 heteroatoms. The van der Waals surface area contributed by atoms with Gasteiger partial charge in [-0.05, 0) is 50.8 Å². The van der Waals surface area contributed by atoms with Crippen molar-refractivity contribution >= 4 is 27.1 Å². The summed E-state index contributed by atoms with van der Waals surface area (Å²) in [5.74, 6) is 0.187. The SMILES string of the molecule is O=c1c(NCCCCCCS(=O)(=O)N(CCCN2CCOCC2)C2CCCC2)c(Nc2ccncc2)c1=O. The lowest BCUT2D eigenvalue weighted by atomic mass is 10.1. The van der Waals surface area contributed by atoms with Crippen molar-refractivity contribution in [1.82, 2.24) is 14.2 Å². The van der Waals surface area contributed by atoms with Gasteiger partial charge < -0.3 is 15.4 Å². The van der Waals surface area contributed by atoms with E-state index in [9.17, 15) is 18.0 Å². The van der Waals surface area contributed by atoms with Gasteiger partial charge in [0.2, 0.25) is 10.0 Å². The summed E-state index contributed by atoms with van der Waals surface area (Å²) in [4.78, 5) is 30.2. The second kappa shape index (κ2) is 14.2. The van der Waals surface area contributed by atoms with Crippen LogP contribution in [-0.4, -0.2) is 80.3 Å². The van der Waals surface area contributed by atoms with Gasteiger partial charge in [0.15, 0.2) is 0 Å². The van der Waals surface area contributed by atoms with Crippen molar-refractivity contribution in [3.05, 3.63) is 45.0 Å². The maximum Gasteiger partial charge on any atom is 0.253 e. The molecule has 1 saturated heterocycles. The van der Waals surface area contributed by atoms with Crippen molar-refractivity contribution < 1.29 is 13.2 Å². The van der Waals surface area contributed by atoms with Gasteiger partial charge in [0.1, 0.15) is 11.4 Å². The molecular formula is C27H41N5O5S. The number of hydrogen-bond acceptors (Lipinski definition) is 9. The van der Waals surface area contributed by atoms with Gasteiger partial charge in [0.25, 0.3) is 10.9 Å². The van der Waals surface area contributed by atoms with Crippen LogP contribution in [0.1, 0.15) is 57.8 Å². The Morgan fingerprint density at radius 1 is 0.947 bits per heavy atom. The smallest absolute Gasteiger partial charge is 0.253 e. The van der Waals surface area contributed by atoms with Gasteiger partial charge in [-0.3, -0.25) is 19.5 Å². The van der Waals surface area contributed by atoms with Gasteiger partial charge in [0.05, 0.1) is 19.0 Å². The third kappa shape index (κ3) is 7.84. The predicted molar refractivity (Wildman–Crippen MR) is 150 cm³/mol. The molecule has 2 heterocycles. The molecule has 38 heavy (non-hydrogen) atoms. The van der Waals surface area contributed by atoms with Crippen LogP contribution >= 0.6 is 0 Å². The van der Waals surface area contributed by atoms with E-state index in [0.29, 0.717) is 30.9 Å². The Labute approximate surface area is 225 Å². The first-order chi connectivity index (χ1) is 18.5. The predicted octanol–water partition coefficient (Wildman–Crippen LogP) is 2.69. The zero-order valence-corrected chi connectivity index (χ0v) is 23.0. The number of unbranched alkanes of at least 4 members (excludes halogenated alkanes) is 3. The second-order valence-electron chi connectivity index (χ2n) is 10.3. The van der Waals surface area contributed by atoms with Crippen LogP contribution in [0, 0.1) is 0 Å². The summed E-state index contributed by atoms with van der Waals surface area (Å²) >= 11 is 0. The monoisotopic (exact) mass is 547 g/mol. The molecule has 0 unspecified atom stereocenters. The van der Waals surface area contributed by atoms with Crippen LogP contribution in [-0.2, 0) is 14.8 Å². The minimum atomic E-state index is -3.29. The van der Waals surface area contributed by atoms with E-state index in [1.54, 1.807) is 24.5 Å². The van der Waals surface area contributed by atoms with Crippen LogP contribution in [0.2, 0.25) is 0 Å². The van der Waals surface area contributed by atoms with Crippen LogP contribution in [0.4, 0.5) is 17.1 Å². The largest absolute Gasteiger partial charge is 0.380 e. The number of anilines is 3. The first kappa shape index (κ1) is 28.7. The van der Waals surface area contributed by atoms with Crippen molar-refractivity contribution in [3.8, 4) is 0 Å². The summed E-state index contributed by atoms with van der Waals surface area (Å²) in [7, 11) is -3.29. The number of nitrogens with zero attached hydrogens (tertiary/aromatic N) is 3. The average Bonchev–Trinajstić information content (AvgIpc) is 3.47. The topological polar surface area (TPSA) is 121 Å². The summed E-state index contributed by atoms with van der Waals surface area (Å²) < 4.78 is 33.8. The van der Waals surface area contributed by atoms with Crippen molar-refractivity contribution in [1.29, 1.82) is 0 Å². The van der Waals surface area contributed by atoms with Crippen molar-refractivity contribution in [2.45, 2.75) is 63.8 Å². The fourth-order valence-corrected chi connectivity index (χ4v) is 7.24. The molecule has 1 saturated carbocycles. The molecule has 2 fully saturated rings. The fourth-order valence-electron chi connectivity index (χ4n) is 5.37. The normalized spacial score (nSPS) is 17.4. The Morgan fingerprint density at radius 3 is 2.37 bits per heavy atom. The molecule has 0 spiro atoms. The van der Waals surface area contributed by atoms with Crippen molar-refractivity contribution in [3.63, 3.8) is 0 Å². The van der Waals surface area contributed by atoms with Crippen LogP contribution in [0.25, 0.3) is 0 Å². The van der Waals surface area contributed by atoms with E-state index in [-0.39, 0.29) is 17.5 Å². The summed E-state index contributed by atoms with van der Waals surface area (Å²) in [5, 5.41) is 6.06. The maximum atomic E-state index is 13.3. The van der Waals surface area contributed by atoms with Gasteiger partial charge in [-0.1, -0.05) is 25.7 Å². The molecule has 2 aliphatic rings. The Bertz CT molecular complexity index is 1170. The summed E-state index contributed by atoms with van der Waals surface area (Å²) in [6, 6.07) is 3.61. The average molecular weight is 548 g/mol. The molecule has 1 aliphatic carbocycles. The molecule has 4 rings (SSSR count). The van der Waals surface area contributed by atoms with Crippen LogP contribution in [0.5, 0.6) is 0 Å². The maximum absolute atomic E-state index is 13.3. The molecule has 0 radical (unpaired) electrons. The lowest BCUT2D eigenvalue weighted by Crippen LogP contribution is -2.43. The zero-order valence-electron chi connectivity index (χ0n) is 22.2. The Kier molecular flexibility index (Phi) is 10.7. The molecular weight excluding hydrogens is 506 g/mol. The quantitative estimate of drug-likeness (QED) is 0.241. The van der Waals surface area contributed by atoms with Gasteiger partial charge in [-0.2, -0.15) is 4.31 Å². The van der Waals surface area contributed by atoms with E-state index in [1.807, 2.05) is 4.31 Å². The molecule has 210 valence electrons. The number of rotatable bonds is 16. The zero-order chi connectivity index (χ0) is 26.8. The molecule has 10 nitrogen and oxygen atoms in total. The van der Waals surface area contributed by atoms with E-state index in [1.165, 1.54) is 0 Å². The highest BCUT2D eigenvalue weighted by molar-refractivity contribution is 7.89. The standard InChI is InChI=1S/C27H41N5O5S/c33-26-24(25(27(26)34)30-22-10-13-28-14-11-22)29-12-5-1-2-6-21-38(35,36)32(23-8-3-4-9-23)16-7-15-31-17-19-37-20-18-31/h10-11,13-14,23,29H,1-9,12,15-21H2,(H,28,30). The highest BCUT2D eigenvalue weighted by Crippen LogP contribution is 2.27. The molecule has 0 atom stereocenters. The third-order valence-electron chi connectivity index (χ3n) is 7.54. The first-order valence-corrected chi connectivity index (χ1v) is 15.6. The minimum absolute atomic E-state index is 0.153. The number of sulfonamides is 1. The van der Waals surface area contributed by atoms with Gasteiger partial charge in [0, 0.05) is 50.3 Å². The molecule has 1 aliphatic heterocycles. The molecule has 2 aromatic rings. The minimum Gasteiger partial charge on any atom is -0.380 e.